The van der Waals surface area contributed by atoms with E-state index in [1.54, 1.807) is 31.6 Å². The molecule has 0 bridgehead atoms. The van der Waals surface area contributed by atoms with Gasteiger partial charge in [-0.05, 0) is 30.2 Å². The molecule has 0 saturated carbocycles. The molecule has 0 atom stereocenters. The van der Waals surface area contributed by atoms with Gasteiger partial charge in [0.25, 0.3) is 0 Å². The molecule has 0 aliphatic rings. The predicted octanol–water partition coefficient (Wildman–Crippen LogP) is 3.81. The quantitative estimate of drug-likeness (QED) is 0.313. The van der Waals surface area contributed by atoms with Gasteiger partial charge in [-0.3, -0.25) is 4.98 Å². The number of hydrogen-bond donors (Lipinski definition) is 2. The molecular weight excluding hydrogens is 399 g/mol. The Balaban J connectivity index is 1.53. The summed E-state index contributed by atoms with van der Waals surface area (Å²) >= 11 is 0. The maximum absolute atomic E-state index is 14.8. The zero-order valence-electron chi connectivity index (χ0n) is 17.4. The normalized spacial score (nSPS) is 11.1. The fraction of sp³-hybridized carbons (Fsp3) is 0.273. The van der Waals surface area contributed by atoms with Crippen LogP contribution in [0, 0.1) is 5.95 Å². The van der Waals surface area contributed by atoms with Gasteiger partial charge in [-0.25, -0.2) is 15.0 Å². The van der Waals surface area contributed by atoms with Crippen molar-refractivity contribution in [3.05, 3.63) is 65.8 Å². The van der Waals surface area contributed by atoms with E-state index < -0.39 is 5.95 Å². The molecule has 0 aliphatic heterocycles. The molecule has 160 valence electrons. The molecule has 0 fully saturated rings. The second-order valence-corrected chi connectivity index (χ2v) is 6.90. The van der Waals surface area contributed by atoms with E-state index in [2.05, 4.69) is 30.2 Å². The van der Waals surface area contributed by atoms with E-state index in [0.29, 0.717) is 42.5 Å². The van der Waals surface area contributed by atoms with Crippen molar-refractivity contribution >= 4 is 22.5 Å². The van der Waals surface area contributed by atoms with Crippen LogP contribution in [0.3, 0.4) is 0 Å². The lowest BCUT2D eigenvalue weighted by molar-refractivity contribution is 0.144. The van der Waals surface area contributed by atoms with Crippen molar-refractivity contribution in [1.29, 1.82) is 0 Å². The molecule has 0 spiro atoms. The number of aromatic nitrogens is 5. The minimum atomic E-state index is -0.545. The number of hydrogen-bond acceptors (Lipinski definition) is 7. The van der Waals surface area contributed by atoms with Crippen LogP contribution < -0.4 is 10.1 Å². The van der Waals surface area contributed by atoms with Crippen molar-refractivity contribution in [3.8, 4) is 5.88 Å². The van der Waals surface area contributed by atoms with E-state index >= 15 is 0 Å². The largest absolute Gasteiger partial charge is 0.475 e. The van der Waals surface area contributed by atoms with Crippen molar-refractivity contribution in [2.75, 3.05) is 25.6 Å². The summed E-state index contributed by atoms with van der Waals surface area (Å²) in [6.45, 7) is 2.84. The van der Waals surface area contributed by atoms with E-state index in [1.165, 1.54) is 6.33 Å². The first-order chi connectivity index (χ1) is 15.2. The monoisotopic (exact) mass is 422 g/mol. The molecule has 2 N–H and O–H groups in total. The van der Waals surface area contributed by atoms with E-state index in [9.17, 15) is 4.39 Å². The van der Waals surface area contributed by atoms with Crippen LogP contribution in [-0.4, -0.2) is 45.2 Å². The Morgan fingerprint density at radius 3 is 2.71 bits per heavy atom. The highest BCUT2D eigenvalue weighted by atomic mass is 19.1. The van der Waals surface area contributed by atoms with E-state index in [-0.39, 0.29) is 0 Å². The second-order valence-electron chi connectivity index (χ2n) is 6.90. The molecule has 0 amide bonds. The number of halogens is 1. The van der Waals surface area contributed by atoms with Crippen molar-refractivity contribution in [3.63, 3.8) is 0 Å². The number of nitrogens with zero attached hydrogens (tertiary/aromatic N) is 4. The van der Waals surface area contributed by atoms with Crippen LogP contribution in [0.5, 0.6) is 5.88 Å². The lowest BCUT2D eigenvalue weighted by Crippen LogP contribution is -2.06. The number of aromatic amines is 1. The van der Waals surface area contributed by atoms with Crippen LogP contribution in [0.4, 0.5) is 15.9 Å². The van der Waals surface area contributed by atoms with Crippen molar-refractivity contribution in [2.24, 2.45) is 0 Å². The van der Waals surface area contributed by atoms with Crippen LogP contribution in [0.2, 0.25) is 0 Å². The molecule has 8 nitrogen and oxygen atoms in total. The van der Waals surface area contributed by atoms with E-state index in [4.69, 9.17) is 9.47 Å². The van der Waals surface area contributed by atoms with E-state index in [0.717, 1.165) is 28.8 Å². The SMILES string of the molecule is CCc1ccc(Nc2ccc(Cc3c[nH]c4ncnc(OCCOC)c34)c(F)n2)cn1. The van der Waals surface area contributed by atoms with Crippen LogP contribution in [-0.2, 0) is 17.6 Å². The minimum Gasteiger partial charge on any atom is -0.475 e. The smallest absolute Gasteiger partial charge is 0.226 e. The summed E-state index contributed by atoms with van der Waals surface area (Å²) in [6, 6.07) is 7.29. The van der Waals surface area contributed by atoms with Gasteiger partial charge in [-0.1, -0.05) is 13.0 Å². The molecule has 4 heterocycles. The average Bonchev–Trinajstić information content (AvgIpc) is 3.20. The highest BCUT2D eigenvalue weighted by Gasteiger charge is 2.15. The maximum Gasteiger partial charge on any atom is 0.226 e. The number of H-pyrrole nitrogens is 1. The fourth-order valence-corrected chi connectivity index (χ4v) is 3.19. The first kappa shape index (κ1) is 20.7. The first-order valence-corrected chi connectivity index (χ1v) is 9.98. The lowest BCUT2D eigenvalue weighted by Gasteiger charge is -2.09. The summed E-state index contributed by atoms with van der Waals surface area (Å²) in [6.07, 6.45) is 6.10. The van der Waals surface area contributed by atoms with E-state index in [1.807, 2.05) is 19.1 Å². The van der Waals surface area contributed by atoms with Gasteiger partial charge in [0, 0.05) is 31.0 Å². The summed E-state index contributed by atoms with van der Waals surface area (Å²) in [4.78, 5) is 19.9. The predicted molar refractivity (Wildman–Crippen MR) is 115 cm³/mol. The lowest BCUT2D eigenvalue weighted by atomic mass is 10.1. The molecule has 4 aromatic rings. The van der Waals surface area contributed by atoms with Crippen molar-refractivity contribution < 1.29 is 13.9 Å². The summed E-state index contributed by atoms with van der Waals surface area (Å²) in [7, 11) is 1.60. The van der Waals surface area contributed by atoms with Gasteiger partial charge in [0.2, 0.25) is 11.8 Å². The molecule has 0 unspecified atom stereocenters. The van der Waals surface area contributed by atoms with Gasteiger partial charge in [-0.15, -0.1) is 0 Å². The Bertz CT molecular complexity index is 1160. The fourth-order valence-electron chi connectivity index (χ4n) is 3.19. The van der Waals surface area contributed by atoms with Gasteiger partial charge in [0.05, 0.1) is 23.9 Å². The summed E-state index contributed by atoms with van der Waals surface area (Å²) in [5.74, 6) is 0.308. The van der Waals surface area contributed by atoms with Crippen LogP contribution in [0.1, 0.15) is 23.7 Å². The Labute approximate surface area is 178 Å². The Kier molecular flexibility index (Phi) is 6.32. The van der Waals surface area contributed by atoms with Crippen LogP contribution >= 0.6 is 0 Å². The molecular formula is C22H23FN6O2. The summed E-state index contributed by atoms with van der Waals surface area (Å²) in [5.41, 5.74) is 3.66. The number of ether oxygens (including phenoxy) is 2. The molecule has 4 aromatic heterocycles. The van der Waals surface area contributed by atoms with Crippen LogP contribution in [0.25, 0.3) is 11.0 Å². The van der Waals surface area contributed by atoms with Gasteiger partial charge < -0.3 is 19.8 Å². The van der Waals surface area contributed by atoms with Gasteiger partial charge in [-0.2, -0.15) is 4.39 Å². The molecule has 9 heteroatoms. The number of nitrogens with one attached hydrogen (secondary N) is 2. The third-order valence-corrected chi connectivity index (χ3v) is 4.81. The Morgan fingerprint density at radius 2 is 1.97 bits per heavy atom. The third kappa shape index (κ3) is 4.77. The Morgan fingerprint density at radius 1 is 1.06 bits per heavy atom. The third-order valence-electron chi connectivity index (χ3n) is 4.81. The number of rotatable bonds is 9. The van der Waals surface area contributed by atoms with Gasteiger partial charge >= 0.3 is 0 Å². The number of methoxy groups -OCH3 is 1. The average molecular weight is 422 g/mol. The molecule has 0 aromatic carbocycles. The molecule has 4 rings (SSSR count). The zero-order valence-corrected chi connectivity index (χ0v) is 17.4. The summed E-state index contributed by atoms with van der Waals surface area (Å²) < 4.78 is 25.5. The number of fused-ring (bicyclic) bond motifs is 1. The molecule has 0 aliphatic carbocycles. The molecule has 31 heavy (non-hydrogen) atoms. The number of pyridine rings is 2. The van der Waals surface area contributed by atoms with Gasteiger partial charge in [0.1, 0.15) is 24.4 Å². The Hall–Kier alpha value is -3.59. The van der Waals surface area contributed by atoms with Gasteiger partial charge in [0.15, 0.2) is 0 Å². The topological polar surface area (TPSA) is 97.8 Å². The number of anilines is 2. The number of aryl methyl sites for hydroxylation is 1. The van der Waals surface area contributed by atoms with Crippen LogP contribution in [0.15, 0.2) is 43.0 Å². The molecule has 0 saturated heterocycles. The molecule has 0 radical (unpaired) electrons. The first-order valence-electron chi connectivity index (χ1n) is 9.98. The maximum atomic E-state index is 14.8. The second kappa shape index (κ2) is 9.48. The van der Waals surface area contributed by atoms with Crippen molar-refractivity contribution in [2.45, 2.75) is 19.8 Å². The highest BCUT2D eigenvalue weighted by molar-refractivity contribution is 5.85. The van der Waals surface area contributed by atoms with Crippen molar-refractivity contribution in [1.82, 2.24) is 24.9 Å². The summed E-state index contributed by atoms with van der Waals surface area (Å²) in [5, 5.41) is 3.80. The standard InChI is InChI=1S/C22H23FN6O2/c1-3-16-5-6-17(12-24-16)28-18-7-4-14(20(23)29-18)10-15-11-25-21-19(15)22(27-13-26-21)31-9-8-30-2/h4-7,11-13H,3,8-10H2,1-2H3,(H,28,29)(H,25,26,27). The minimum absolute atomic E-state index is 0.319. The highest BCUT2D eigenvalue weighted by Crippen LogP contribution is 2.28. The zero-order chi connectivity index (χ0) is 21.6.